The molecule has 2 saturated heterocycles. The molecule has 0 unspecified atom stereocenters. The number of esters is 1. The Labute approximate surface area is 344 Å². The van der Waals surface area contributed by atoms with E-state index in [9.17, 15) is 29.4 Å². The Hall–Kier alpha value is -2.45. The zero-order chi connectivity index (χ0) is 42.2. The smallest absolute Gasteiger partial charge is 0.329 e. The molecule has 0 radical (unpaired) electrons. The van der Waals surface area contributed by atoms with Crippen LogP contribution < -0.4 is 0 Å². The van der Waals surface area contributed by atoms with E-state index in [-0.39, 0.29) is 43.1 Å². The van der Waals surface area contributed by atoms with Crippen LogP contribution in [-0.2, 0) is 42.9 Å². The first-order valence-electron chi connectivity index (χ1n) is 20.9. The van der Waals surface area contributed by atoms with Crippen LogP contribution in [0.1, 0.15) is 105 Å². The highest BCUT2D eigenvalue weighted by Crippen LogP contribution is 2.43. The number of nitrogens with zero attached hydrogens (tertiary/aromatic N) is 1. The van der Waals surface area contributed by atoms with Crippen molar-refractivity contribution in [1.29, 1.82) is 0 Å². The summed E-state index contributed by atoms with van der Waals surface area (Å²) in [6, 6.07) is -1.09. The molecule has 12 nitrogen and oxygen atoms in total. The van der Waals surface area contributed by atoms with Crippen LogP contribution in [0.25, 0.3) is 0 Å². The number of hydrogen-bond acceptors (Lipinski definition) is 11. The zero-order valence-electron chi connectivity index (χ0n) is 35.3. The quantitative estimate of drug-likeness (QED) is 0.137. The number of aliphatic hydroxyl groups is 2. The van der Waals surface area contributed by atoms with Crippen molar-refractivity contribution in [2.45, 2.75) is 159 Å². The standard InChI is InChI=1S/C44H68ClNO11/c1-10-13-31-19-25(2)18-26(3)20-37(54-8)40-38(55-9)22-28(5)44(45,57-40)41(50)42(51)46-17-12-11-14-32(46)43(52)56-39(29(6)34(48)24-35(31)49)27(4)21-30-15-16-33(47)36(23-30)53-7/h10,19,21,26,28-34,36-40,47-48H,1,11-18,20,22-24H2,2-9H3/b25-19+,27-21+/t26-,28+,29+,30-,31+,32-,33+,34-,36+,37-,38-,39+,40+,44+/m0/s1. The van der Waals surface area contributed by atoms with E-state index in [4.69, 9.17) is 35.3 Å². The minimum atomic E-state index is -2.04. The first-order valence-corrected chi connectivity index (χ1v) is 21.2. The summed E-state index contributed by atoms with van der Waals surface area (Å²) in [6.07, 6.45) is 5.67. The van der Waals surface area contributed by atoms with Gasteiger partial charge in [0.05, 0.1) is 30.5 Å². The van der Waals surface area contributed by atoms with Crippen LogP contribution in [0.15, 0.2) is 36.0 Å². The highest BCUT2D eigenvalue weighted by Gasteiger charge is 2.56. The fraction of sp³-hybridized carbons (Fsp3) is 0.773. The Morgan fingerprint density at radius 1 is 0.947 bits per heavy atom. The molecule has 0 aromatic heterocycles. The molecule has 3 aliphatic heterocycles. The molecule has 0 aromatic carbocycles. The maximum atomic E-state index is 14.3. The highest BCUT2D eigenvalue weighted by atomic mass is 35.5. The van der Waals surface area contributed by atoms with Gasteiger partial charge in [-0.1, -0.05) is 56.2 Å². The normalized spacial score (nSPS) is 41.0. The topological polar surface area (TPSA) is 158 Å². The Morgan fingerprint density at radius 2 is 1.61 bits per heavy atom. The van der Waals surface area contributed by atoms with Crippen molar-refractivity contribution >= 4 is 35.0 Å². The maximum Gasteiger partial charge on any atom is 0.329 e. The predicted molar refractivity (Wildman–Crippen MR) is 216 cm³/mol. The molecule has 0 spiro atoms. The second-order valence-electron chi connectivity index (χ2n) is 17.2. The summed E-state index contributed by atoms with van der Waals surface area (Å²) < 4.78 is 30.1. The third-order valence-corrected chi connectivity index (χ3v) is 13.4. The van der Waals surface area contributed by atoms with Gasteiger partial charge in [-0.15, -0.1) is 6.58 Å². The number of carbonyl (C=O) groups excluding carboxylic acids is 4. The zero-order valence-corrected chi connectivity index (χ0v) is 36.1. The lowest BCUT2D eigenvalue weighted by molar-refractivity contribution is -0.211. The summed E-state index contributed by atoms with van der Waals surface area (Å²) >= 11 is 7.13. The molecule has 2 bridgehead atoms. The molecule has 1 amide bonds. The number of methoxy groups -OCH3 is 3. The molecule has 4 aliphatic rings. The van der Waals surface area contributed by atoms with Gasteiger partial charge in [0.25, 0.3) is 11.7 Å². The third-order valence-electron chi connectivity index (χ3n) is 12.8. The van der Waals surface area contributed by atoms with E-state index in [1.165, 1.54) is 4.90 Å². The van der Waals surface area contributed by atoms with Crippen molar-refractivity contribution in [1.82, 2.24) is 4.90 Å². The molecule has 2 N–H and O–H groups in total. The van der Waals surface area contributed by atoms with E-state index < -0.39 is 83.1 Å². The lowest BCUT2D eigenvalue weighted by Crippen LogP contribution is -2.62. The van der Waals surface area contributed by atoms with Crippen molar-refractivity contribution in [3.8, 4) is 0 Å². The monoisotopic (exact) mass is 821 g/mol. The van der Waals surface area contributed by atoms with Gasteiger partial charge < -0.3 is 38.8 Å². The Morgan fingerprint density at radius 3 is 2.26 bits per heavy atom. The molecule has 1 aliphatic carbocycles. The van der Waals surface area contributed by atoms with Gasteiger partial charge in [0, 0.05) is 52.0 Å². The number of alkyl halides is 1. The van der Waals surface area contributed by atoms with Crippen LogP contribution in [0.5, 0.6) is 0 Å². The number of aliphatic hydroxyl groups excluding tert-OH is 2. The number of amides is 1. The van der Waals surface area contributed by atoms with Gasteiger partial charge in [-0.25, -0.2) is 4.79 Å². The first kappa shape index (κ1) is 47.2. The van der Waals surface area contributed by atoms with E-state index in [1.54, 1.807) is 41.3 Å². The number of carbonyl (C=O) groups is 4. The number of fused-ring (bicyclic) bond motifs is 3. The molecule has 1 saturated carbocycles. The van der Waals surface area contributed by atoms with E-state index in [1.807, 2.05) is 26.0 Å². The van der Waals surface area contributed by atoms with Crippen molar-refractivity contribution in [2.24, 2.45) is 29.6 Å². The summed E-state index contributed by atoms with van der Waals surface area (Å²) in [4.78, 5) is 58.1. The second kappa shape index (κ2) is 21.2. The SMILES string of the molecule is C=CC[C@@H]1/C=C(\C)C[C@H](C)C[C@H](OC)[C@H]2O[C@@](Cl)(C(=O)C(=O)N3CCCC[C@H]3C(=O)O[C@H](/C(C)=C/[C@@H]3CC[C@@H](O)[C@H](OC)C3)[C@H](C)[C@@H](O)CC1=O)[C@H](C)C[C@@H]2OC. The van der Waals surface area contributed by atoms with Gasteiger partial charge >= 0.3 is 5.97 Å². The van der Waals surface area contributed by atoms with E-state index >= 15 is 0 Å². The fourth-order valence-corrected chi connectivity index (χ4v) is 9.67. The van der Waals surface area contributed by atoms with E-state index in [2.05, 4.69) is 13.5 Å². The molecular formula is C44H68ClNO11. The molecule has 4 rings (SSSR count). The molecule has 3 fully saturated rings. The van der Waals surface area contributed by atoms with Gasteiger partial charge in [0.2, 0.25) is 5.06 Å². The van der Waals surface area contributed by atoms with E-state index in [0.29, 0.717) is 63.4 Å². The van der Waals surface area contributed by atoms with Gasteiger partial charge in [-0.2, -0.15) is 0 Å². The van der Waals surface area contributed by atoms with Gasteiger partial charge in [0.1, 0.15) is 24.0 Å². The lowest BCUT2D eigenvalue weighted by Gasteiger charge is -2.46. The van der Waals surface area contributed by atoms with Gasteiger partial charge in [-0.3, -0.25) is 14.4 Å². The number of cyclic esters (lactones) is 1. The van der Waals surface area contributed by atoms with Gasteiger partial charge in [0.15, 0.2) is 0 Å². The summed E-state index contributed by atoms with van der Waals surface area (Å²) in [6.45, 7) is 13.4. The summed E-state index contributed by atoms with van der Waals surface area (Å²) in [5, 5.41) is 20.1. The van der Waals surface area contributed by atoms with Crippen molar-refractivity contribution in [2.75, 3.05) is 27.9 Å². The number of halogens is 1. The Balaban J connectivity index is 1.78. The number of piperidine rings is 1. The summed E-state index contributed by atoms with van der Waals surface area (Å²) in [7, 11) is 4.70. The van der Waals surface area contributed by atoms with Crippen LogP contribution in [0, 0.1) is 29.6 Å². The van der Waals surface area contributed by atoms with Gasteiger partial charge in [-0.05, 0) is 95.5 Å². The van der Waals surface area contributed by atoms with E-state index in [0.717, 1.165) is 5.57 Å². The molecular weight excluding hydrogens is 754 g/mol. The van der Waals surface area contributed by atoms with Crippen molar-refractivity contribution < 1.29 is 53.1 Å². The third kappa shape index (κ3) is 11.4. The minimum Gasteiger partial charge on any atom is -0.456 e. The van der Waals surface area contributed by atoms with Crippen LogP contribution in [-0.4, -0.2) is 120 Å². The number of rotatable bonds is 7. The van der Waals surface area contributed by atoms with Crippen molar-refractivity contribution in [3.05, 3.63) is 36.0 Å². The highest BCUT2D eigenvalue weighted by molar-refractivity contribution is 6.51. The van der Waals surface area contributed by atoms with Crippen LogP contribution in [0.4, 0.5) is 0 Å². The Bertz CT molecular complexity index is 1480. The Kier molecular flexibility index (Phi) is 17.6. The van der Waals surface area contributed by atoms with Crippen LogP contribution >= 0.6 is 11.6 Å². The summed E-state index contributed by atoms with van der Waals surface area (Å²) in [5.41, 5.74) is 1.65. The predicted octanol–water partition coefficient (Wildman–Crippen LogP) is 5.89. The second-order valence-corrected chi connectivity index (χ2v) is 17.8. The molecule has 13 heteroatoms. The largest absolute Gasteiger partial charge is 0.456 e. The fourth-order valence-electron chi connectivity index (χ4n) is 9.40. The molecule has 0 aromatic rings. The average molecular weight is 822 g/mol. The number of hydrogen-bond donors (Lipinski definition) is 2. The molecule has 14 atom stereocenters. The number of Topliss-reactive ketones (excluding diaryl/α,β-unsaturated/α-hetero) is 2. The van der Waals surface area contributed by atoms with Crippen LogP contribution in [0.2, 0.25) is 0 Å². The van der Waals surface area contributed by atoms with Crippen LogP contribution in [0.3, 0.4) is 0 Å². The molecule has 322 valence electrons. The lowest BCUT2D eigenvalue weighted by atomic mass is 9.81. The number of ether oxygens (including phenoxy) is 5. The average Bonchev–Trinajstić information content (AvgIpc) is 3.18. The number of allylic oxidation sites excluding steroid dienone is 4. The molecule has 3 heterocycles. The minimum absolute atomic E-state index is 0.00246. The first-order chi connectivity index (χ1) is 27.0. The molecule has 57 heavy (non-hydrogen) atoms. The van der Waals surface area contributed by atoms with Crippen molar-refractivity contribution in [3.63, 3.8) is 0 Å². The summed E-state index contributed by atoms with van der Waals surface area (Å²) in [5.74, 6) is -4.57. The number of ketones is 2. The maximum absolute atomic E-state index is 14.3.